The number of carbonyl (C=O) groups is 1. The molecular formula is C15H16N4O4. The van der Waals surface area contributed by atoms with Crippen molar-refractivity contribution in [3.05, 3.63) is 30.1 Å². The lowest BCUT2D eigenvalue weighted by Crippen LogP contribution is -2.37. The van der Waals surface area contributed by atoms with Crippen molar-refractivity contribution in [2.24, 2.45) is 5.92 Å². The molecule has 1 saturated carbocycles. The summed E-state index contributed by atoms with van der Waals surface area (Å²) < 4.78 is 16.5. The van der Waals surface area contributed by atoms with E-state index in [1.165, 1.54) is 12.7 Å². The van der Waals surface area contributed by atoms with E-state index in [1.54, 1.807) is 4.90 Å². The Morgan fingerprint density at radius 1 is 1.35 bits per heavy atom. The topological polar surface area (TPSA) is 94.5 Å². The van der Waals surface area contributed by atoms with Crippen LogP contribution in [0.3, 0.4) is 0 Å². The number of carbonyl (C=O) groups excluding carboxylic acids is 1. The van der Waals surface area contributed by atoms with Gasteiger partial charge in [0.25, 0.3) is 5.91 Å². The van der Waals surface area contributed by atoms with Crippen LogP contribution in [-0.2, 0) is 10.2 Å². The van der Waals surface area contributed by atoms with E-state index in [2.05, 4.69) is 15.2 Å². The van der Waals surface area contributed by atoms with Crippen molar-refractivity contribution in [2.45, 2.75) is 24.2 Å². The first-order chi connectivity index (χ1) is 11.3. The number of rotatable bonds is 3. The smallest absolute Gasteiger partial charge is 0.275 e. The molecule has 3 aliphatic rings. The van der Waals surface area contributed by atoms with Gasteiger partial charge in [0.2, 0.25) is 11.8 Å². The molecular weight excluding hydrogens is 300 g/mol. The van der Waals surface area contributed by atoms with E-state index in [1.807, 2.05) is 0 Å². The maximum atomic E-state index is 12.5. The van der Waals surface area contributed by atoms with Crippen molar-refractivity contribution < 1.29 is 18.4 Å². The average molecular weight is 316 g/mol. The normalized spacial score (nSPS) is 29.9. The Kier molecular flexibility index (Phi) is 2.67. The third-order valence-electron chi connectivity index (χ3n) is 5.11. The summed E-state index contributed by atoms with van der Waals surface area (Å²) in [4.78, 5) is 18.3. The highest BCUT2D eigenvalue weighted by molar-refractivity contribution is 5.92. The predicted octanol–water partition coefficient (Wildman–Crippen LogP) is 0.975. The highest BCUT2D eigenvalue weighted by Crippen LogP contribution is 2.45. The van der Waals surface area contributed by atoms with Gasteiger partial charge >= 0.3 is 0 Å². The lowest BCUT2D eigenvalue weighted by atomic mass is 9.81. The van der Waals surface area contributed by atoms with E-state index in [0.29, 0.717) is 43.8 Å². The van der Waals surface area contributed by atoms with E-state index in [0.717, 1.165) is 18.7 Å². The predicted molar refractivity (Wildman–Crippen MR) is 74.7 cm³/mol. The monoisotopic (exact) mass is 316 g/mol. The van der Waals surface area contributed by atoms with Gasteiger partial charge in [0.1, 0.15) is 6.26 Å². The fraction of sp³-hybridized carbons (Fsp3) is 0.600. The van der Waals surface area contributed by atoms with E-state index in [9.17, 15) is 4.79 Å². The summed E-state index contributed by atoms with van der Waals surface area (Å²) in [5, 5.41) is 8.48. The molecule has 0 bridgehead atoms. The number of hydrogen-bond donors (Lipinski definition) is 0. The molecule has 2 saturated heterocycles. The zero-order valence-corrected chi connectivity index (χ0v) is 12.5. The van der Waals surface area contributed by atoms with Crippen molar-refractivity contribution in [1.29, 1.82) is 0 Å². The second-order valence-corrected chi connectivity index (χ2v) is 6.65. The van der Waals surface area contributed by atoms with Crippen LogP contribution in [0.25, 0.3) is 0 Å². The minimum absolute atomic E-state index is 0.130. The first kappa shape index (κ1) is 13.2. The number of aromatic nitrogens is 3. The van der Waals surface area contributed by atoms with Gasteiger partial charge in [-0.25, -0.2) is 4.98 Å². The molecule has 8 nitrogen and oxygen atoms in total. The van der Waals surface area contributed by atoms with Crippen LogP contribution in [0, 0.1) is 5.92 Å². The van der Waals surface area contributed by atoms with Gasteiger partial charge in [-0.1, -0.05) is 0 Å². The van der Waals surface area contributed by atoms with E-state index in [-0.39, 0.29) is 17.2 Å². The first-order valence-corrected chi connectivity index (χ1v) is 7.85. The Morgan fingerprint density at radius 2 is 2.26 bits per heavy atom. The van der Waals surface area contributed by atoms with Gasteiger partial charge in [0.05, 0.1) is 18.6 Å². The number of oxazole rings is 1. The lowest BCUT2D eigenvalue weighted by Gasteiger charge is -2.22. The molecule has 2 atom stereocenters. The number of nitrogens with zero attached hydrogens (tertiary/aromatic N) is 4. The molecule has 2 aromatic rings. The third-order valence-corrected chi connectivity index (χ3v) is 5.11. The number of fused-ring (bicyclic) bond motifs is 1. The average Bonchev–Trinajstić information content (AvgIpc) is 3.01. The van der Waals surface area contributed by atoms with Crippen LogP contribution in [0.1, 0.15) is 41.0 Å². The standard InChI is InChI=1S/C15H16N4O4/c20-13(11-5-22-8-16-11)19-3-10-4-21-7-15(10,6-19)14-18-17-12(23-14)9-1-2-9/h5,8-10H,1-4,6-7H2/t10-,15-/m1/s1. The summed E-state index contributed by atoms with van der Waals surface area (Å²) in [6.07, 6.45) is 4.87. The van der Waals surface area contributed by atoms with E-state index in [4.69, 9.17) is 13.6 Å². The number of amides is 1. The molecule has 0 N–H and O–H groups in total. The van der Waals surface area contributed by atoms with Gasteiger partial charge in [-0.2, -0.15) is 0 Å². The molecule has 1 aliphatic carbocycles. The fourth-order valence-electron chi connectivity index (χ4n) is 3.60. The van der Waals surface area contributed by atoms with Crippen LogP contribution >= 0.6 is 0 Å². The van der Waals surface area contributed by atoms with Crippen LogP contribution in [0.4, 0.5) is 0 Å². The van der Waals surface area contributed by atoms with E-state index >= 15 is 0 Å². The highest BCUT2D eigenvalue weighted by Gasteiger charge is 2.56. The minimum Gasteiger partial charge on any atom is -0.451 e. The van der Waals surface area contributed by atoms with Crippen LogP contribution < -0.4 is 0 Å². The lowest BCUT2D eigenvalue weighted by molar-refractivity contribution is 0.0732. The Hall–Kier alpha value is -2.22. The summed E-state index contributed by atoms with van der Waals surface area (Å²) in [5.74, 6) is 1.79. The molecule has 2 aliphatic heterocycles. The summed E-state index contributed by atoms with van der Waals surface area (Å²) in [6.45, 7) is 2.22. The van der Waals surface area contributed by atoms with Gasteiger partial charge in [-0.15, -0.1) is 10.2 Å². The van der Waals surface area contributed by atoms with Crippen LogP contribution in [0.15, 0.2) is 21.5 Å². The van der Waals surface area contributed by atoms with Gasteiger partial charge in [-0.3, -0.25) is 4.79 Å². The molecule has 120 valence electrons. The second-order valence-electron chi connectivity index (χ2n) is 6.65. The Balaban J connectivity index is 1.45. The van der Waals surface area contributed by atoms with Crippen molar-refractivity contribution in [3.8, 4) is 0 Å². The van der Waals surface area contributed by atoms with E-state index < -0.39 is 0 Å². The minimum atomic E-state index is -0.389. The third kappa shape index (κ3) is 1.94. The Bertz CT molecular complexity index is 739. The van der Waals surface area contributed by atoms with Gasteiger partial charge in [0, 0.05) is 24.9 Å². The first-order valence-electron chi connectivity index (χ1n) is 7.85. The summed E-state index contributed by atoms with van der Waals surface area (Å²) >= 11 is 0. The Morgan fingerprint density at radius 3 is 3.04 bits per heavy atom. The fourth-order valence-corrected chi connectivity index (χ4v) is 3.60. The summed E-state index contributed by atoms with van der Waals surface area (Å²) in [6, 6.07) is 0. The zero-order valence-electron chi connectivity index (χ0n) is 12.5. The number of likely N-dealkylation sites (tertiary alicyclic amines) is 1. The molecule has 4 heterocycles. The summed E-state index contributed by atoms with van der Waals surface area (Å²) in [5.41, 5.74) is -0.0651. The van der Waals surface area contributed by atoms with Crippen LogP contribution in [0.2, 0.25) is 0 Å². The molecule has 0 unspecified atom stereocenters. The molecule has 0 aromatic carbocycles. The highest BCUT2D eigenvalue weighted by atomic mass is 16.5. The van der Waals surface area contributed by atoms with Gasteiger partial charge in [0.15, 0.2) is 12.1 Å². The Labute approximate surface area is 131 Å². The molecule has 23 heavy (non-hydrogen) atoms. The second kappa shape index (κ2) is 4.64. The van der Waals surface area contributed by atoms with Crippen molar-refractivity contribution in [3.63, 3.8) is 0 Å². The summed E-state index contributed by atoms with van der Waals surface area (Å²) in [7, 11) is 0. The van der Waals surface area contributed by atoms with Crippen molar-refractivity contribution in [1.82, 2.24) is 20.1 Å². The van der Waals surface area contributed by atoms with Gasteiger partial charge < -0.3 is 18.5 Å². The number of ether oxygens (including phenoxy) is 1. The molecule has 2 aromatic heterocycles. The number of hydrogen-bond acceptors (Lipinski definition) is 7. The van der Waals surface area contributed by atoms with Crippen molar-refractivity contribution in [2.75, 3.05) is 26.3 Å². The SMILES string of the molecule is O=C(c1cocn1)N1C[C@@H]2COC[C@]2(c2nnc(C3CC3)o2)C1. The quantitative estimate of drug-likeness (QED) is 0.832. The molecule has 5 rings (SSSR count). The molecule has 0 spiro atoms. The molecule has 1 amide bonds. The largest absolute Gasteiger partial charge is 0.451 e. The molecule has 0 radical (unpaired) electrons. The van der Waals surface area contributed by atoms with Crippen LogP contribution in [0.5, 0.6) is 0 Å². The zero-order chi connectivity index (χ0) is 15.4. The maximum absolute atomic E-state index is 12.5. The van der Waals surface area contributed by atoms with Crippen LogP contribution in [-0.4, -0.2) is 52.3 Å². The van der Waals surface area contributed by atoms with Crippen molar-refractivity contribution >= 4 is 5.91 Å². The maximum Gasteiger partial charge on any atom is 0.275 e. The molecule has 3 fully saturated rings. The molecule has 8 heteroatoms. The van der Waals surface area contributed by atoms with Gasteiger partial charge in [-0.05, 0) is 12.8 Å².